The van der Waals surface area contributed by atoms with E-state index in [2.05, 4.69) is 4.98 Å². The van der Waals surface area contributed by atoms with Gasteiger partial charge in [0.05, 0.1) is 31.0 Å². The van der Waals surface area contributed by atoms with Crippen LogP contribution < -0.4 is 30.2 Å². The first-order chi connectivity index (χ1) is 16.4. The van der Waals surface area contributed by atoms with E-state index in [-0.39, 0.29) is 12.4 Å². The molecule has 34 heavy (non-hydrogen) atoms. The van der Waals surface area contributed by atoms with E-state index in [0.717, 1.165) is 10.1 Å². The van der Waals surface area contributed by atoms with E-state index in [4.69, 9.17) is 18.9 Å². The Kier molecular flexibility index (Phi) is 5.45. The maximum Gasteiger partial charge on any atom is 0.335 e. The van der Waals surface area contributed by atoms with Gasteiger partial charge in [0.15, 0.2) is 11.5 Å². The van der Waals surface area contributed by atoms with Crippen molar-refractivity contribution in [2.45, 2.75) is 19.4 Å². The number of rotatable bonds is 5. The first kappa shape index (κ1) is 21.9. The quantitative estimate of drug-likeness (QED) is 0.585. The topological polar surface area (TPSA) is 115 Å². The predicted octanol–water partition coefficient (Wildman–Crippen LogP) is 1.94. The first-order valence-electron chi connectivity index (χ1n) is 11.0. The van der Waals surface area contributed by atoms with E-state index in [1.165, 1.54) is 7.11 Å². The number of aromatic amines is 1. The highest BCUT2D eigenvalue weighted by Crippen LogP contribution is 2.51. The van der Waals surface area contributed by atoms with E-state index in [0.29, 0.717) is 53.8 Å². The van der Waals surface area contributed by atoms with Gasteiger partial charge in [-0.2, -0.15) is 0 Å². The molecule has 0 amide bonds. The molecule has 0 bridgehead atoms. The van der Waals surface area contributed by atoms with Gasteiger partial charge < -0.3 is 24.1 Å². The summed E-state index contributed by atoms with van der Waals surface area (Å²) in [5.74, 6) is 1.67. The Bertz CT molecular complexity index is 1360. The van der Waals surface area contributed by atoms with Crippen LogP contribution in [-0.4, -0.2) is 53.7 Å². The predicted molar refractivity (Wildman–Crippen MR) is 123 cm³/mol. The summed E-state index contributed by atoms with van der Waals surface area (Å²) < 4.78 is 23.4. The summed E-state index contributed by atoms with van der Waals surface area (Å²) in [6.45, 7) is 3.06. The van der Waals surface area contributed by atoms with Crippen LogP contribution >= 0.6 is 0 Å². The van der Waals surface area contributed by atoms with Gasteiger partial charge in [0.25, 0.3) is 5.56 Å². The molecule has 0 saturated heterocycles. The van der Waals surface area contributed by atoms with Crippen molar-refractivity contribution in [3.63, 3.8) is 0 Å². The number of likely N-dealkylation sites (N-methyl/N-ethyl adjacent to an activating group) is 1. The van der Waals surface area contributed by atoms with Gasteiger partial charge in [0.1, 0.15) is 5.75 Å². The fourth-order valence-electron chi connectivity index (χ4n) is 4.68. The molecule has 178 valence electrons. The maximum atomic E-state index is 13.1. The van der Waals surface area contributed by atoms with Crippen molar-refractivity contribution in [2.24, 2.45) is 0 Å². The van der Waals surface area contributed by atoms with Gasteiger partial charge in [-0.1, -0.05) is 0 Å². The second kappa shape index (κ2) is 8.45. The summed E-state index contributed by atoms with van der Waals surface area (Å²) in [6.07, 6.45) is 0.687. The van der Waals surface area contributed by atoms with Crippen LogP contribution in [-0.2, 0) is 6.42 Å². The lowest BCUT2D eigenvalue weighted by Gasteiger charge is -2.35. The molecule has 10 heteroatoms. The van der Waals surface area contributed by atoms with Crippen molar-refractivity contribution in [2.75, 3.05) is 34.1 Å². The second-order valence-electron chi connectivity index (χ2n) is 8.11. The molecular formula is C24H25N3O7. The fourth-order valence-corrected chi connectivity index (χ4v) is 4.68. The van der Waals surface area contributed by atoms with Crippen LogP contribution in [0.2, 0.25) is 0 Å². The molecule has 0 radical (unpaired) electrons. The second-order valence-corrected chi connectivity index (χ2v) is 8.11. The van der Waals surface area contributed by atoms with Crippen LogP contribution in [0.25, 0.3) is 5.69 Å². The molecule has 2 aliphatic heterocycles. The largest absolute Gasteiger partial charge is 0.494 e. The third-order valence-corrected chi connectivity index (χ3v) is 6.20. The summed E-state index contributed by atoms with van der Waals surface area (Å²) in [4.78, 5) is 30.1. The molecule has 0 spiro atoms. The summed E-state index contributed by atoms with van der Waals surface area (Å²) in [5, 5.41) is 11.3. The number of hydrogen-bond acceptors (Lipinski definition) is 8. The Morgan fingerprint density at radius 3 is 2.65 bits per heavy atom. The van der Waals surface area contributed by atoms with Gasteiger partial charge in [-0.25, -0.2) is 9.36 Å². The molecule has 3 aromatic rings. The number of nitrogens with one attached hydrogen (secondary N) is 1. The number of aromatic nitrogens is 2. The summed E-state index contributed by atoms with van der Waals surface area (Å²) >= 11 is 0. The van der Waals surface area contributed by atoms with Crippen molar-refractivity contribution < 1.29 is 24.1 Å². The highest BCUT2D eigenvalue weighted by Gasteiger charge is 2.38. The zero-order valence-electron chi connectivity index (χ0n) is 19.1. The minimum Gasteiger partial charge on any atom is -0.494 e. The number of H-pyrrole nitrogens is 1. The van der Waals surface area contributed by atoms with Crippen LogP contribution in [0.15, 0.2) is 39.9 Å². The number of hydrogen-bond donors (Lipinski definition) is 2. The van der Waals surface area contributed by atoms with E-state index < -0.39 is 23.2 Å². The Morgan fingerprint density at radius 2 is 1.94 bits per heavy atom. The minimum absolute atomic E-state index is 0.0362. The van der Waals surface area contributed by atoms with Gasteiger partial charge in [0, 0.05) is 12.1 Å². The highest BCUT2D eigenvalue weighted by molar-refractivity contribution is 5.63. The molecule has 0 aliphatic carbocycles. The summed E-state index contributed by atoms with van der Waals surface area (Å²) in [7, 11) is 3.37. The van der Waals surface area contributed by atoms with E-state index in [9.17, 15) is 14.7 Å². The molecule has 1 atom stereocenters. The Hall–Kier alpha value is -3.92. The zero-order valence-corrected chi connectivity index (χ0v) is 19.1. The van der Waals surface area contributed by atoms with Crippen molar-refractivity contribution in [1.82, 2.24) is 14.5 Å². The Morgan fingerprint density at radius 1 is 1.18 bits per heavy atom. The molecule has 0 saturated carbocycles. The molecule has 0 unspecified atom stereocenters. The number of aromatic hydroxyl groups is 1. The smallest absolute Gasteiger partial charge is 0.335 e. The third-order valence-electron chi connectivity index (χ3n) is 6.20. The lowest BCUT2D eigenvalue weighted by molar-refractivity contribution is 0.170. The van der Waals surface area contributed by atoms with Crippen molar-refractivity contribution in [1.29, 1.82) is 0 Å². The molecule has 2 N–H and O–H groups in total. The van der Waals surface area contributed by atoms with Crippen LogP contribution in [0, 0.1) is 0 Å². The van der Waals surface area contributed by atoms with Gasteiger partial charge >= 0.3 is 5.69 Å². The number of benzene rings is 2. The molecule has 5 rings (SSSR count). The minimum atomic E-state index is -0.744. The van der Waals surface area contributed by atoms with Crippen molar-refractivity contribution in [3.05, 3.63) is 67.9 Å². The Labute approximate surface area is 194 Å². The highest BCUT2D eigenvalue weighted by atomic mass is 16.7. The SMILES string of the molecule is CCOc1ccc(-n2c(O)c([C@H]3c4c(cc5c(c4OC)OCO5)CCN3C)c(=O)[nH]c2=O)cc1. The van der Waals surface area contributed by atoms with Crippen molar-refractivity contribution >= 4 is 0 Å². The van der Waals surface area contributed by atoms with Crippen LogP contribution in [0.4, 0.5) is 0 Å². The third kappa shape index (κ3) is 3.38. The van der Waals surface area contributed by atoms with E-state index >= 15 is 0 Å². The molecule has 2 aromatic carbocycles. The fraction of sp³-hybridized carbons (Fsp3) is 0.333. The number of fused-ring (bicyclic) bond motifs is 2. The number of ether oxygens (including phenoxy) is 4. The van der Waals surface area contributed by atoms with Gasteiger partial charge in [-0.3, -0.25) is 14.7 Å². The van der Waals surface area contributed by atoms with E-state index in [1.807, 2.05) is 24.9 Å². The molecular weight excluding hydrogens is 442 g/mol. The van der Waals surface area contributed by atoms with Gasteiger partial charge in [-0.05, 0) is 56.3 Å². The molecule has 1 aromatic heterocycles. The Balaban J connectivity index is 1.72. The van der Waals surface area contributed by atoms with Crippen LogP contribution in [0.5, 0.6) is 28.9 Å². The van der Waals surface area contributed by atoms with Gasteiger partial charge in [0.2, 0.25) is 18.4 Å². The summed E-state index contributed by atoms with van der Waals surface area (Å²) in [6, 6.07) is 7.87. The zero-order chi connectivity index (χ0) is 24.0. The molecule has 2 aliphatic rings. The van der Waals surface area contributed by atoms with Crippen LogP contribution in [0.3, 0.4) is 0 Å². The number of methoxy groups -OCH3 is 1. The lowest BCUT2D eigenvalue weighted by Crippen LogP contribution is -2.39. The average molecular weight is 467 g/mol. The first-order valence-corrected chi connectivity index (χ1v) is 11.0. The molecule has 0 fully saturated rings. The van der Waals surface area contributed by atoms with Gasteiger partial charge in [-0.15, -0.1) is 0 Å². The van der Waals surface area contributed by atoms with Crippen molar-refractivity contribution in [3.8, 4) is 34.6 Å². The molecule has 3 heterocycles. The maximum absolute atomic E-state index is 13.1. The summed E-state index contributed by atoms with van der Waals surface area (Å²) in [5.41, 5.74) is 0.620. The number of nitrogens with zero attached hydrogens (tertiary/aromatic N) is 2. The lowest BCUT2D eigenvalue weighted by atomic mass is 9.87. The van der Waals surface area contributed by atoms with Crippen LogP contribution in [0.1, 0.15) is 29.7 Å². The standard InChI is InChI=1S/C24H25N3O7/c1-4-32-15-7-5-14(6-8-15)27-23(29)18(22(28)25-24(27)30)19-17-13(9-10-26(19)2)11-16-20(21(17)31-3)34-12-33-16/h5-8,11,19,29H,4,9-10,12H2,1-3H3,(H,25,28,30)/t19-/m1/s1. The monoisotopic (exact) mass is 467 g/mol. The molecule has 10 nitrogen and oxygen atoms in total. The van der Waals surface area contributed by atoms with E-state index in [1.54, 1.807) is 24.3 Å². The average Bonchev–Trinajstić information content (AvgIpc) is 3.28. The normalized spacial score (nSPS) is 16.9.